The fraction of sp³-hybridized carbons (Fsp3) is 0.0833. The second-order valence-electron chi connectivity index (χ2n) is 3.38. The lowest BCUT2D eigenvalue weighted by atomic mass is 10.1. The van der Waals surface area contributed by atoms with Crippen LogP contribution in [0.5, 0.6) is 0 Å². The molecule has 2 rings (SSSR count). The van der Waals surface area contributed by atoms with Crippen LogP contribution in [0.1, 0.15) is 20.6 Å². The van der Waals surface area contributed by atoms with Crippen molar-refractivity contribution in [2.75, 3.05) is 0 Å². The third-order valence-corrected chi connectivity index (χ3v) is 4.54. The third-order valence-electron chi connectivity index (χ3n) is 2.23. The predicted molar refractivity (Wildman–Crippen MR) is 71.3 cm³/mol. The van der Waals surface area contributed by atoms with Gasteiger partial charge < -0.3 is 0 Å². The van der Waals surface area contributed by atoms with E-state index in [4.69, 9.17) is 11.6 Å². The molecule has 1 nitrogen and oxygen atoms in total. The maximum Gasteiger partial charge on any atom is 0.196 e. The Balaban J connectivity index is 2.26. The Hall–Kier alpha value is -0.710. The van der Waals surface area contributed by atoms with Gasteiger partial charge in [0.05, 0.1) is 4.88 Å². The summed E-state index contributed by atoms with van der Waals surface area (Å²) >= 11 is 10.7. The van der Waals surface area contributed by atoms with Crippen LogP contribution in [0, 0.1) is 5.82 Å². The highest BCUT2D eigenvalue weighted by Crippen LogP contribution is 2.31. The molecule has 2 aromatic rings. The second-order valence-corrected chi connectivity index (χ2v) is 5.58. The topological polar surface area (TPSA) is 17.1 Å². The maximum atomic E-state index is 12.8. The zero-order chi connectivity index (χ0) is 12.4. The van der Waals surface area contributed by atoms with Crippen molar-refractivity contribution < 1.29 is 9.18 Å². The monoisotopic (exact) mass is 332 g/mol. The largest absolute Gasteiger partial charge is 0.291 e. The summed E-state index contributed by atoms with van der Waals surface area (Å²) in [5.74, 6) is -0.525. The number of ketones is 1. The van der Waals surface area contributed by atoms with E-state index in [2.05, 4.69) is 15.9 Å². The Kier molecular flexibility index (Phi) is 3.97. The van der Waals surface area contributed by atoms with Crippen molar-refractivity contribution in [3.05, 3.63) is 56.4 Å². The molecule has 0 spiro atoms. The molecular weight excluding hydrogens is 327 g/mol. The van der Waals surface area contributed by atoms with Crippen LogP contribution in [0.4, 0.5) is 4.39 Å². The van der Waals surface area contributed by atoms with Gasteiger partial charge in [0.15, 0.2) is 5.78 Å². The number of rotatable bonds is 3. The normalized spacial score (nSPS) is 12.4. The van der Waals surface area contributed by atoms with Gasteiger partial charge in [-0.25, -0.2) is 4.39 Å². The first kappa shape index (κ1) is 12.7. The lowest BCUT2D eigenvalue weighted by Crippen LogP contribution is -2.06. The highest BCUT2D eigenvalue weighted by Gasteiger charge is 2.22. The van der Waals surface area contributed by atoms with Crippen LogP contribution in [-0.2, 0) is 0 Å². The van der Waals surface area contributed by atoms with Crippen LogP contribution in [0.3, 0.4) is 0 Å². The number of Topliss-reactive ketones (excluding diaryl/α,β-unsaturated/α-hetero) is 1. The molecule has 17 heavy (non-hydrogen) atoms. The summed E-state index contributed by atoms with van der Waals surface area (Å²) in [5.41, 5.74) is 0.596. The lowest BCUT2D eigenvalue weighted by Gasteiger charge is -2.07. The minimum Gasteiger partial charge on any atom is -0.291 e. The molecule has 0 aliphatic heterocycles. The zero-order valence-electron chi connectivity index (χ0n) is 8.49. The van der Waals surface area contributed by atoms with Crippen LogP contribution < -0.4 is 0 Å². The van der Waals surface area contributed by atoms with Crippen molar-refractivity contribution in [1.82, 2.24) is 0 Å². The highest BCUT2D eigenvalue weighted by atomic mass is 79.9. The summed E-state index contributed by atoms with van der Waals surface area (Å²) in [6.45, 7) is 0. The Bertz CT molecular complexity index is 538. The molecule has 0 bridgehead atoms. The van der Waals surface area contributed by atoms with E-state index >= 15 is 0 Å². The smallest absolute Gasteiger partial charge is 0.196 e. The van der Waals surface area contributed by atoms with Gasteiger partial charge in [-0.05, 0) is 45.1 Å². The first-order chi connectivity index (χ1) is 8.09. The van der Waals surface area contributed by atoms with Gasteiger partial charge >= 0.3 is 0 Å². The van der Waals surface area contributed by atoms with E-state index in [9.17, 15) is 9.18 Å². The Morgan fingerprint density at radius 1 is 1.29 bits per heavy atom. The van der Waals surface area contributed by atoms with E-state index in [1.807, 2.05) is 5.38 Å². The Morgan fingerprint density at radius 2 is 1.94 bits per heavy atom. The first-order valence-electron chi connectivity index (χ1n) is 4.76. The molecule has 5 heteroatoms. The maximum absolute atomic E-state index is 12.8. The van der Waals surface area contributed by atoms with Gasteiger partial charge in [-0.15, -0.1) is 22.9 Å². The Morgan fingerprint density at radius 3 is 2.47 bits per heavy atom. The number of halogens is 3. The number of hydrogen-bond acceptors (Lipinski definition) is 2. The van der Waals surface area contributed by atoms with Crippen LogP contribution in [-0.4, -0.2) is 5.78 Å². The van der Waals surface area contributed by atoms with E-state index in [-0.39, 0.29) is 11.6 Å². The van der Waals surface area contributed by atoms with Crippen molar-refractivity contribution in [3.8, 4) is 0 Å². The number of thiophene rings is 1. The summed E-state index contributed by atoms with van der Waals surface area (Å²) < 4.78 is 13.5. The molecule has 0 saturated heterocycles. The van der Waals surface area contributed by atoms with Crippen molar-refractivity contribution in [3.63, 3.8) is 0 Å². The van der Waals surface area contributed by atoms with Crippen LogP contribution in [0.15, 0.2) is 40.2 Å². The van der Waals surface area contributed by atoms with E-state index in [1.165, 1.54) is 35.6 Å². The van der Waals surface area contributed by atoms with Gasteiger partial charge in [0.2, 0.25) is 0 Å². The van der Waals surface area contributed by atoms with E-state index < -0.39 is 5.38 Å². The summed E-state index contributed by atoms with van der Waals surface area (Å²) in [7, 11) is 0. The van der Waals surface area contributed by atoms with Crippen molar-refractivity contribution >= 4 is 44.7 Å². The molecule has 0 fully saturated rings. The van der Waals surface area contributed by atoms with E-state index in [0.29, 0.717) is 10.4 Å². The first-order valence-corrected chi connectivity index (χ1v) is 6.87. The van der Waals surface area contributed by atoms with Crippen molar-refractivity contribution in [1.29, 1.82) is 0 Å². The molecule has 1 heterocycles. The van der Waals surface area contributed by atoms with E-state index in [1.54, 1.807) is 6.07 Å². The minimum atomic E-state index is -0.787. The highest BCUT2D eigenvalue weighted by molar-refractivity contribution is 9.10. The summed E-state index contributed by atoms with van der Waals surface area (Å²) in [5, 5.41) is 1.02. The predicted octanol–water partition coefficient (Wildman–Crippen LogP) is 4.81. The van der Waals surface area contributed by atoms with Crippen molar-refractivity contribution in [2.45, 2.75) is 5.38 Å². The average Bonchev–Trinajstić information content (AvgIpc) is 2.74. The molecule has 0 aliphatic rings. The number of carbonyl (C=O) groups excluding carboxylic acids is 1. The molecule has 1 atom stereocenters. The second kappa shape index (κ2) is 5.29. The van der Waals surface area contributed by atoms with E-state index in [0.717, 1.165) is 4.47 Å². The molecule has 1 aromatic carbocycles. The standard InChI is InChI=1S/C12H7BrClFOS/c13-9-5-6-17-12(9)11(16)10(14)7-1-3-8(15)4-2-7/h1-6,10H. The third kappa shape index (κ3) is 2.76. The molecule has 0 N–H and O–H groups in total. The molecule has 0 radical (unpaired) electrons. The number of alkyl halides is 1. The fourth-order valence-corrected chi connectivity index (χ4v) is 3.22. The summed E-state index contributed by atoms with van der Waals surface area (Å²) in [6.07, 6.45) is 0. The van der Waals surface area contributed by atoms with Gasteiger partial charge in [0, 0.05) is 4.47 Å². The quantitative estimate of drug-likeness (QED) is 0.582. The minimum absolute atomic E-state index is 0.180. The SMILES string of the molecule is O=C(c1sccc1Br)C(Cl)c1ccc(F)cc1. The molecule has 88 valence electrons. The van der Waals surface area contributed by atoms with Crippen LogP contribution in [0.2, 0.25) is 0 Å². The molecule has 0 amide bonds. The van der Waals surface area contributed by atoms with Gasteiger partial charge in [0.1, 0.15) is 11.2 Å². The molecule has 1 aromatic heterocycles. The Labute approximate surface area is 115 Å². The zero-order valence-corrected chi connectivity index (χ0v) is 11.7. The van der Waals surface area contributed by atoms with Gasteiger partial charge in [-0.2, -0.15) is 0 Å². The van der Waals surface area contributed by atoms with Gasteiger partial charge in [0.25, 0.3) is 0 Å². The molecule has 0 aliphatic carbocycles. The number of hydrogen-bond donors (Lipinski definition) is 0. The van der Waals surface area contributed by atoms with Crippen LogP contribution in [0.25, 0.3) is 0 Å². The average molecular weight is 334 g/mol. The summed E-state index contributed by atoms with van der Waals surface area (Å²) in [4.78, 5) is 12.6. The number of benzene rings is 1. The lowest BCUT2D eigenvalue weighted by molar-refractivity contribution is 0.0990. The van der Waals surface area contributed by atoms with Crippen LogP contribution >= 0.6 is 38.9 Å². The van der Waals surface area contributed by atoms with Gasteiger partial charge in [-0.1, -0.05) is 12.1 Å². The molecular formula is C12H7BrClFOS. The molecule has 1 unspecified atom stereocenters. The van der Waals surface area contributed by atoms with Crippen molar-refractivity contribution in [2.24, 2.45) is 0 Å². The fourth-order valence-electron chi connectivity index (χ4n) is 1.37. The number of carbonyl (C=O) groups is 1. The summed E-state index contributed by atoms with van der Waals surface area (Å²) in [6, 6.07) is 7.42. The molecule has 0 saturated carbocycles. The van der Waals surface area contributed by atoms with Gasteiger partial charge in [-0.3, -0.25) is 4.79 Å².